The second kappa shape index (κ2) is 6.95. The van der Waals surface area contributed by atoms with Gasteiger partial charge in [-0.3, -0.25) is 9.59 Å². The average molecular weight is 360 g/mol. The number of carbonyl (C=O) groups is 2. The Hall–Kier alpha value is -1.42. The van der Waals surface area contributed by atoms with E-state index in [9.17, 15) is 14.7 Å². The van der Waals surface area contributed by atoms with E-state index in [1.807, 2.05) is 13.0 Å². The van der Waals surface area contributed by atoms with Crippen molar-refractivity contribution in [1.82, 2.24) is 5.32 Å². The molecule has 1 aliphatic heterocycles. The molecule has 6 atom stereocenters. The minimum Gasteiger partial charge on any atom is -0.392 e. The van der Waals surface area contributed by atoms with E-state index in [2.05, 4.69) is 39.1 Å². The number of allylic oxidation sites excluding steroid dienone is 3. The van der Waals surface area contributed by atoms with Gasteiger partial charge in [0.25, 0.3) is 0 Å². The molecule has 0 radical (unpaired) electrons. The van der Waals surface area contributed by atoms with Crippen molar-refractivity contribution < 1.29 is 14.7 Å². The summed E-state index contributed by atoms with van der Waals surface area (Å²) in [5, 5.41) is 13.5. The second-order valence-electron chi connectivity index (χ2n) is 9.18. The Labute approximate surface area is 157 Å². The molecule has 0 aromatic carbocycles. The van der Waals surface area contributed by atoms with E-state index in [4.69, 9.17) is 0 Å². The lowest BCUT2D eigenvalue weighted by Gasteiger charge is -2.46. The molecule has 26 heavy (non-hydrogen) atoms. The van der Waals surface area contributed by atoms with Gasteiger partial charge >= 0.3 is 0 Å². The van der Waals surface area contributed by atoms with Crippen LogP contribution in [0.2, 0.25) is 0 Å². The van der Waals surface area contributed by atoms with Crippen LogP contribution in [0, 0.1) is 29.1 Å². The molecule has 1 fully saturated rings. The molecule has 2 N–H and O–H groups in total. The van der Waals surface area contributed by atoms with Gasteiger partial charge in [-0.1, -0.05) is 44.1 Å². The zero-order chi connectivity index (χ0) is 19.2. The van der Waals surface area contributed by atoms with Crippen LogP contribution in [0.1, 0.15) is 60.3 Å². The maximum atomic E-state index is 13.5. The largest absolute Gasteiger partial charge is 0.392 e. The molecule has 0 bridgehead atoms. The van der Waals surface area contributed by atoms with Gasteiger partial charge in [0.15, 0.2) is 5.78 Å². The maximum absolute atomic E-state index is 13.5. The fourth-order valence-corrected chi connectivity index (χ4v) is 5.57. The number of hydrogen-bond donors (Lipinski definition) is 2. The van der Waals surface area contributed by atoms with Crippen LogP contribution in [-0.4, -0.2) is 28.9 Å². The molecular formula is C22H33NO3. The minimum absolute atomic E-state index is 0.0229. The van der Waals surface area contributed by atoms with Crippen LogP contribution in [0.25, 0.3) is 0 Å². The van der Waals surface area contributed by atoms with Crippen molar-refractivity contribution in [2.45, 2.75) is 72.4 Å². The van der Waals surface area contributed by atoms with E-state index in [-0.39, 0.29) is 41.9 Å². The van der Waals surface area contributed by atoms with Gasteiger partial charge < -0.3 is 10.4 Å². The Morgan fingerprint density at radius 2 is 1.96 bits per heavy atom. The molecule has 2 aliphatic carbocycles. The third kappa shape index (κ3) is 2.96. The van der Waals surface area contributed by atoms with Gasteiger partial charge in [0.05, 0.1) is 6.10 Å². The Bertz CT molecular complexity index is 662. The van der Waals surface area contributed by atoms with E-state index in [0.29, 0.717) is 18.8 Å². The summed E-state index contributed by atoms with van der Waals surface area (Å²) in [4.78, 5) is 26.8. The van der Waals surface area contributed by atoms with Crippen molar-refractivity contribution in [3.63, 3.8) is 0 Å². The summed E-state index contributed by atoms with van der Waals surface area (Å²) in [6.45, 7) is 10.7. The third-order valence-electron chi connectivity index (χ3n) is 6.85. The number of aliphatic hydroxyl groups excluding tert-OH is 1. The molecule has 1 spiro atoms. The molecular weight excluding hydrogens is 326 g/mol. The van der Waals surface area contributed by atoms with E-state index < -0.39 is 11.5 Å². The highest BCUT2D eigenvalue weighted by Gasteiger charge is 2.65. The summed E-state index contributed by atoms with van der Waals surface area (Å²) in [7, 11) is 0. The number of ketones is 1. The molecule has 144 valence electrons. The van der Waals surface area contributed by atoms with Gasteiger partial charge in [0.1, 0.15) is 5.41 Å². The van der Waals surface area contributed by atoms with Crippen molar-refractivity contribution in [3.8, 4) is 0 Å². The molecule has 1 saturated heterocycles. The number of carbonyl (C=O) groups excluding carboxylic acids is 2. The van der Waals surface area contributed by atoms with Gasteiger partial charge in [-0.05, 0) is 44.9 Å². The first-order valence-electron chi connectivity index (χ1n) is 10.0. The maximum Gasteiger partial charge on any atom is 0.234 e. The molecule has 4 nitrogen and oxygen atoms in total. The van der Waals surface area contributed by atoms with Gasteiger partial charge in [-0.25, -0.2) is 0 Å². The van der Waals surface area contributed by atoms with Gasteiger partial charge in [0, 0.05) is 24.3 Å². The molecule has 3 aliphatic rings. The summed E-state index contributed by atoms with van der Waals surface area (Å²) in [6, 6.07) is 0.0229. The summed E-state index contributed by atoms with van der Waals surface area (Å²) in [6.07, 6.45) is 5.65. The Balaban J connectivity index is 2.16. The average Bonchev–Trinajstić information content (AvgIpc) is 2.84. The van der Waals surface area contributed by atoms with Crippen LogP contribution in [0.3, 0.4) is 0 Å². The number of rotatable bonds is 2. The van der Waals surface area contributed by atoms with Crippen molar-refractivity contribution >= 4 is 11.7 Å². The lowest BCUT2D eigenvalue weighted by atomic mass is 9.54. The zero-order valence-corrected chi connectivity index (χ0v) is 16.7. The van der Waals surface area contributed by atoms with Crippen LogP contribution < -0.4 is 5.32 Å². The lowest BCUT2D eigenvalue weighted by molar-refractivity contribution is -0.147. The topological polar surface area (TPSA) is 66.4 Å². The highest BCUT2D eigenvalue weighted by atomic mass is 16.3. The van der Waals surface area contributed by atoms with Crippen LogP contribution in [0.15, 0.2) is 23.3 Å². The summed E-state index contributed by atoms with van der Waals surface area (Å²) in [5.41, 5.74) is 1.40. The molecule has 0 unspecified atom stereocenters. The van der Waals surface area contributed by atoms with Crippen LogP contribution in [0.5, 0.6) is 0 Å². The first-order valence-corrected chi connectivity index (χ1v) is 10.0. The van der Waals surface area contributed by atoms with Crippen molar-refractivity contribution in [3.05, 3.63) is 23.3 Å². The van der Waals surface area contributed by atoms with Gasteiger partial charge in [0.2, 0.25) is 5.91 Å². The fraction of sp³-hybridized carbons (Fsp3) is 0.727. The first-order chi connectivity index (χ1) is 12.2. The third-order valence-corrected chi connectivity index (χ3v) is 6.85. The van der Waals surface area contributed by atoms with Crippen LogP contribution in [0.4, 0.5) is 0 Å². The first kappa shape index (κ1) is 19.3. The van der Waals surface area contributed by atoms with E-state index in [0.717, 1.165) is 12.0 Å². The van der Waals surface area contributed by atoms with Crippen molar-refractivity contribution in [1.29, 1.82) is 0 Å². The van der Waals surface area contributed by atoms with E-state index >= 15 is 0 Å². The number of hydrogen-bond acceptors (Lipinski definition) is 3. The molecule has 0 saturated carbocycles. The molecule has 0 aromatic heterocycles. The summed E-state index contributed by atoms with van der Waals surface area (Å²) >= 11 is 0. The predicted molar refractivity (Wildman–Crippen MR) is 102 cm³/mol. The minimum atomic E-state index is -1.03. The van der Waals surface area contributed by atoms with Gasteiger partial charge in [-0.2, -0.15) is 0 Å². The Kier molecular flexibility index (Phi) is 5.17. The number of amides is 1. The molecule has 3 rings (SSSR count). The van der Waals surface area contributed by atoms with Crippen molar-refractivity contribution in [2.75, 3.05) is 0 Å². The molecule has 1 amide bonds. The fourth-order valence-electron chi connectivity index (χ4n) is 5.57. The monoisotopic (exact) mass is 359 g/mol. The SMILES string of the molecule is CC1=CC[C@@H](O)CC(=O)[C@@]23C(=O)N[C@@H](CC(C)C)[C@@H]2[C@H](C)C(C)=C[C@@H]3C1. The van der Waals surface area contributed by atoms with E-state index in [1.54, 1.807) is 0 Å². The standard InChI is InChI=1S/C22H33NO3/c1-12(2)8-18-20-15(5)14(4)10-16-9-13(3)6-7-17(24)11-19(25)22(16,20)21(26)23-18/h6,10,12,15-18,20,24H,7-9,11H2,1-5H3,(H,23,26)/t15-,16+,17-,18+,20+,22-/m1/s1. The normalized spacial score (nSPS) is 40.7. The Morgan fingerprint density at radius 1 is 1.27 bits per heavy atom. The van der Waals surface area contributed by atoms with Gasteiger partial charge in [-0.15, -0.1) is 0 Å². The smallest absolute Gasteiger partial charge is 0.234 e. The molecule has 1 heterocycles. The number of Topliss-reactive ketones (excluding diaryl/α,β-unsaturated/α-hetero) is 1. The number of aliphatic hydroxyl groups is 1. The predicted octanol–water partition coefficient (Wildman–Crippen LogP) is 3.41. The van der Waals surface area contributed by atoms with Crippen LogP contribution >= 0.6 is 0 Å². The zero-order valence-electron chi connectivity index (χ0n) is 16.7. The quantitative estimate of drug-likeness (QED) is 0.586. The Morgan fingerprint density at radius 3 is 2.62 bits per heavy atom. The highest BCUT2D eigenvalue weighted by molar-refractivity contribution is 6.09. The lowest BCUT2D eigenvalue weighted by Crippen LogP contribution is -2.53. The molecule has 4 heteroatoms. The second-order valence-corrected chi connectivity index (χ2v) is 9.18. The van der Waals surface area contributed by atoms with E-state index in [1.165, 1.54) is 5.57 Å². The summed E-state index contributed by atoms with van der Waals surface area (Å²) in [5.74, 6) is 0.307. The number of nitrogens with one attached hydrogen (secondary N) is 1. The van der Waals surface area contributed by atoms with Crippen molar-refractivity contribution in [2.24, 2.45) is 29.1 Å². The highest BCUT2D eigenvalue weighted by Crippen LogP contribution is 2.56. The van der Waals surface area contributed by atoms with Crippen LogP contribution in [-0.2, 0) is 9.59 Å². The summed E-state index contributed by atoms with van der Waals surface area (Å²) < 4.78 is 0. The molecule has 0 aromatic rings.